The first kappa shape index (κ1) is 11.9. The summed E-state index contributed by atoms with van der Waals surface area (Å²) >= 11 is 0. The van der Waals surface area contributed by atoms with Crippen molar-refractivity contribution < 1.29 is 27.9 Å². The molecule has 0 bridgehead atoms. The second-order valence-corrected chi connectivity index (χ2v) is 2.67. The summed E-state index contributed by atoms with van der Waals surface area (Å²) in [6.45, 7) is 0. The smallest absolute Gasteiger partial charge is 0.471 e. The van der Waals surface area contributed by atoms with Crippen LogP contribution in [0.2, 0.25) is 0 Å². The number of rotatable bonds is 2. The number of hydrogen-bond donors (Lipinski definition) is 2. The Hall–Kier alpha value is -2.13. The monoisotopic (exact) mass is 238 g/mol. The molecule has 16 heavy (non-hydrogen) atoms. The predicted octanol–water partition coefficient (Wildman–Crippen LogP) is 0.0141. The number of aromatic nitrogens is 3. The third-order valence-corrected chi connectivity index (χ3v) is 1.52. The van der Waals surface area contributed by atoms with Gasteiger partial charge in [-0.2, -0.15) is 13.2 Å². The number of nitrogens with one attached hydrogen (secondary N) is 1. The number of carboxylic acid groups (broad SMARTS) is 1. The van der Waals surface area contributed by atoms with Gasteiger partial charge >= 0.3 is 18.1 Å². The summed E-state index contributed by atoms with van der Waals surface area (Å²) in [5.74, 6) is -4.51. The second kappa shape index (κ2) is 3.79. The van der Waals surface area contributed by atoms with Crippen LogP contribution >= 0.6 is 0 Å². The van der Waals surface area contributed by atoms with Crippen LogP contribution in [0.25, 0.3) is 0 Å². The molecule has 88 valence electrons. The van der Waals surface area contributed by atoms with E-state index in [0.717, 1.165) is 7.05 Å². The molecule has 10 heteroatoms. The van der Waals surface area contributed by atoms with E-state index in [0.29, 0.717) is 4.68 Å². The van der Waals surface area contributed by atoms with E-state index in [1.807, 2.05) is 0 Å². The molecule has 0 unspecified atom stereocenters. The Kier molecular flexibility index (Phi) is 2.83. The quantitative estimate of drug-likeness (QED) is 0.756. The maximum Gasteiger partial charge on any atom is 0.471 e. The highest BCUT2D eigenvalue weighted by Crippen LogP contribution is 2.19. The van der Waals surface area contributed by atoms with Gasteiger partial charge in [0.05, 0.1) is 0 Å². The van der Waals surface area contributed by atoms with Crippen LogP contribution in [0, 0.1) is 0 Å². The molecular formula is C6H5F3N4O3. The van der Waals surface area contributed by atoms with Crippen molar-refractivity contribution in [1.29, 1.82) is 0 Å². The molecule has 1 rings (SSSR count). The lowest BCUT2D eigenvalue weighted by Crippen LogP contribution is -2.31. The molecular weight excluding hydrogens is 233 g/mol. The van der Waals surface area contributed by atoms with Gasteiger partial charge in [0.15, 0.2) is 5.82 Å². The molecule has 0 saturated carbocycles. The molecule has 0 spiro atoms. The molecule has 0 atom stereocenters. The zero-order valence-corrected chi connectivity index (χ0v) is 7.74. The van der Waals surface area contributed by atoms with Gasteiger partial charge in [0.25, 0.3) is 0 Å². The number of halogens is 3. The molecule has 0 radical (unpaired) electrons. The number of carbonyl (C=O) groups is 2. The highest BCUT2D eigenvalue weighted by atomic mass is 19.4. The van der Waals surface area contributed by atoms with Crippen LogP contribution in [0.15, 0.2) is 0 Å². The predicted molar refractivity (Wildman–Crippen MR) is 42.6 cm³/mol. The van der Waals surface area contributed by atoms with Gasteiger partial charge in [-0.3, -0.25) is 4.79 Å². The summed E-state index contributed by atoms with van der Waals surface area (Å²) in [6, 6.07) is 0. The largest absolute Gasteiger partial charge is 0.476 e. The van der Waals surface area contributed by atoms with Crippen LogP contribution in [0.3, 0.4) is 0 Å². The van der Waals surface area contributed by atoms with Crippen LogP contribution in [0.4, 0.5) is 19.0 Å². The van der Waals surface area contributed by atoms with Crippen molar-refractivity contribution in [2.45, 2.75) is 6.18 Å². The lowest BCUT2D eigenvalue weighted by Gasteiger charge is -2.07. The average molecular weight is 238 g/mol. The van der Waals surface area contributed by atoms with E-state index in [1.54, 1.807) is 0 Å². The van der Waals surface area contributed by atoms with Crippen molar-refractivity contribution in [3.8, 4) is 0 Å². The van der Waals surface area contributed by atoms with Crippen LogP contribution in [-0.4, -0.2) is 38.2 Å². The Labute approximate surface area is 85.9 Å². The van der Waals surface area contributed by atoms with E-state index in [4.69, 9.17) is 5.11 Å². The minimum absolute atomic E-state index is 0.630. The minimum Gasteiger partial charge on any atom is -0.476 e. The number of amides is 1. The highest BCUT2D eigenvalue weighted by molar-refractivity contribution is 5.99. The van der Waals surface area contributed by atoms with Gasteiger partial charge in [-0.1, -0.05) is 5.21 Å². The number of carboxylic acids is 1. The molecule has 0 fully saturated rings. The Bertz CT molecular complexity index is 439. The zero-order chi connectivity index (χ0) is 12.5. The lowest BCUT2D eigenvalue weighted by atomic mass is 10.4. The number of carbonyl (C=O) groups excluding carboxylic acids is 1. The molecule has 1 aromatic heterocycles. The molecule has 1 aromatic rings. The van der Waals surface area contributed by atoms with Crippen LogP contribution < -0.4 is 5.32 Å². The molecule has 0 aliphatic heterocycles. The van der Waals surface area contributed by atoms with Crippen molar-refractivity contribution in [3.63, 3.8) is 0 Å². The summed E-state index contributed by atoms with van der Waals surface area (Å²) in [5.41, 5.74) is -0.764. The molecule has 1 amide bonds. The van der Waals surface area contributed by atoms with Crippen molar-refractivity contribution >= 4 is 17.7 Å². The van der Waals surface area contributed by atoms with Crippen molar-refractivity contribution in [1.82, 2.24) is 15.0 Å². The number of aryl methyl sites for hydroxylation is 1. The molecule has 0 aliphatic carbocycles. The summed E-state index contributed by atoms with van der Waals surface area (Å²) in [6.07, 6.45) is -5.11. The topological polar surface area (TPSA) is 97.1 Å². The maximum absolute atomic E-state index is 11.9. The van der Waals surface area contributed by atoms with Crippen molar-refractivity contribution in [2.24, 2.45) is 7.05 Å². The Morgan fingerprint density at radius 2 is 2.00 bits per heavy atom. The summed E-state index contributed by atoms with van der Waals surface area (Å²) in [5, 5.41) is 16.2. The zero-order valence-electron chi connectivity index (χ0n) is 7.74. The van der Waals surface area contributed by atoms with Gasteiger partial charge in [0, 0.05) is 7.05 Å². The van der Waals surface area contributed by atoms with Crippen molar-refractivity contribution in [3.05, 3.63) is 5.69 Å². The van der Waals surface area contributed by atoms with Gasteiger partial charge in [-0.25, -0.2) is 9.48 Å². The first-order chi connectivity index (χ1) is 7.23. The third-order valence-electron chi connectivity index (χ3n) is 1.52. The number of alkyl halides is 3. The number of nitrogens with zero attached hydrogens (tertiary/aromatic N) is 3. The first-order valence-electron chi connectivity index (χ1n) is 3.74. The molecule has 2 N–H and O–H groups in total. The minimum atomic E-state index is -5.11. The fourth-order valence-electron chi connectivity index (χ4n) is 0.820. The van der Waals surface area contributed by atoms with E-state index in [9.17, 15) is 22.8 Å². The molecule has 0 aliphatic rings. The van der Waals surface area contributed by atoms with Gasteiger partial charge in [0.1, 0.15) is 0 Å². The van der Waals surface area contributed by atoms with Gasteiger partial charge < -0.3 is 10.4 Å². The number of anilines is 1. The Balaban J connectivity index is 3.02. The normalized spacial score (nSPS) is 11.2. The van der Waals surface area contributed by atoms with E-state index < -0.39 is 29.6 Å². The fourth-order valence-corrected chi connectivity index (χ4v) is 0.820. The standard InChI is InChI=1S/C6H5F3N4O3/c1-13-3(2(4(14)15)11-12-13)10-5(16)6(7,8)9/h1H3,(H,10,16)(H,14,15). The van der Waals surface area contributed by atoms with E-state index in [1.165, 1.54) is 5.32 Å². The SMILES string of the molecule is Cn1nnc(C(=O)O)c1NC(=O)C(F)(F)F. The van der Waals surface area contributed by atoms with E-state index in [-0.39, 0.29) is 0 Å². The fraction of sp³-hybridized carbons (Fsp3) is 0.333. The summed E-state index contributed by atoms with van der Waals surface area (Å²) < 4.78 is 36.4. The Morgan fingerprint density at radius 1 is 1.44 bits per heavy atom. The summed E-state index contributed by atoms with van der Waals surface area (Å²) in [7, 11) is 1.14. The van der Waals surface area contributed by atoms with Crippen LogP contribution in [0.1, 0.15) is 10.5 Å². The second-order valence-electron chi connectivity index (χ2n) is 2.67. The average Bonchev–Trinajstić information content (AvgIpc) is 2.46. The Morgan fingerprint density at radius 3 is 2.44 bits per heavy atom. The van der Waals surface area contributed by atoms with E-state index >= 15 is 0 Å². The number of aromatic carboxylic acids is 1. The van der Waals surface area contributed by atoms with Crippen molar-refractivity contribution in [2.75, 3.05) is 5.32 Å². The van der Waals surface area contributed by atoms with Gasteiger partial charge in [-0.15, -0.1) is 5.10 Å². The molecule has 7 nitrogen and oxygen atoms in total. The molecule has 1 heterocycles. The van der Waals surface area contributed by atoms with Gasteiger partial charge in [-0.05, 0) is 0 Å². The third kappa shape index (κ3) is 2.27. The summed E-state index contributed by atoms with van der Waals surface area (Å²) in [4.78, 5) is 21.1. The van der Waals surface area contributed by atoms with Crippen LogP contribution in [-0.2, 0) is 11.8 Å². The maximum atomic E-state index is 11.9. The molecule has 0 saturated heterocycles. The van der Waals surface area contributed by atoms with Crippen LogP contribution in [0.5, 0.6) is 0 Å². The van der Waals surface area contributed by atoms with E-state index in [2.05, 4.69) is 10.3 Å². The lowest BCUT2D eigenvalue weighted by molar-refractivity contribution is -0.167. The highest BCUT2D eigenvalue weighted by Gasteiger charge is 2.40. The van der Waals surface area contributed by atoms with Gasteiger partial charge in [0.2, 0.25) is 5.69 Å². The number of hydrogen-bond acceptors (Lipinski definition) is 4. The molecule has 0 aromatic carbocycles. The first-order valence-corrected chi connectivity index (χ1v) is 3.74.